The van der Waals surface area contributed by atoms with Gasteiger partial charge in [0.1, 0.15) is 5.75 Å². The van der Waals surface area contributed by atoms with E-state index in [4.69, 9.17) is 9.47 Å². The Morgan fingerprint density at radius 2 is 2.05 bits per heavy atom. The lowest BCUT2D eigenvalue weighted by molar-refractivity contribution is -0.137. The number of amides is 1. The molecule has 1 amide bonds. The molecule has 0 unspecified atom stereocenters. The van der Waals surface area contributed by atoms with Crippen molar-refractivity contribution < 1.29 is 14.3 Å². The summed E-state index contributed by atoms with van der Waals surface area (Å²) < 4.78 is 11.1. The molecule has 112 valence electrons. The highest BCUT2D eigenvalue weighted by Crippen LogP contribution is 2.26. The van der Waals surface area contributed by atoms with Crippen LogP contribution in [0.1, 0.15) is 25.0 Å². The lowest BCUT2D eigenvalue weighted by Gasteiger charge is -2.34. The standard InChI is InChI=1S/C17H21NO3/c1-12-10-18(11-13(2)21-12)17(19)6-4-14-3-5-16-15(9-14)7-8-20-16/h3-6,9,12-13H,7-8,10-11H2,1-2H3/b6-4+/t12-,13+. The zero-order valence-corrected chi connectivity index (χ0v) is 12.5. The normalized spacial score (nSPS) is 25.0. The average molecular weight is 287 g/mol. The molecule has 2 aliphatic heterocycles. The maximum absolute atomic E-state index is 12.3. The van der Waals surface area contributed by atoms with Crippen LogP contribution < -0.4 is 4.74 Å². The van der Waals surface area contributed by atoms with Gasteiger partial charge in [0.25, 0.3) is 0 Å². The summed E-state index contributed by atoms with van der Waals surface area (Å²) in [5.41, 5.74) is 2.26. The fourth-order valence-electron chi connectivity index (χ4n) is 2.94. The second-order valence-corrected chi connectivity index (χ2v) is 5.80. The van der Waals surface area contributed by atoms with Crippen molar-refractivity contribution in [1.82, 2.24) is 4.90 Å². The van der Waals surface area contributed by atoms with Gasteiger partial charge in [-0.2, -0.15) is 0 Å². The summed E-state index contributed by atoms with van der Waals surface area (Å²) in [6, 6.07) is 6.06. The maximum atomic E-state index is 12.3. The molecule has 4 heteroatoms. The molecule has 1 aromatic carbocycles. The zero-order valence-electron chi connectivity index (χ0n) is 12.5. The van der Waals surface area contributed by atoms with Crippen molar-refractivity contribution in [3.63, 3.8) is 0 Å². The van der Waals surface area contributed by atoms with Gasteiger partial charge in [-0.15, -0.1) is 0 Å². The predicted octanol–water partition coefficient (Wildman–Crippen LogP) is 2.27. The smallest absolute Gasteiger partial charge is 0.246 e. The summed E-state index contributed by atoms with van der Waals surface area (Å²) >= 11 is 0. The Balaban J connectivity index is 1.66. The van der Waals surface area contributed by atoms with E-state index in [0.29, 0.717) is 13.1 Å². The number of morpholine rings is 1. The molecule has 2 atom stereocenters. The molecule has 0 aliphatic carbocycles. The lowest BCUT2D eigenvalue weighted by Crippen LogP contribution is -2.47. The number of carbonyl (C=O) groups excluding carboxylic acids is 1. The summed E-state index contributed by atoms with van der Waals surface area (Å²) in [5, 5.41) is 0. The van der Waals surface area contributed by atoms with E-state index in [0.717, 1.165) is 24.3 Å². The third-order valence-electron chi connectivity index (χ3n) is 3.86. The highest BCUT2D eigenvalue weighted by Gasteiger charge is 2.24. The predicted molar refractivity (Wildman–Crippen MR) is 81.3 cm³/mol. The molecule has 3 rings (SSSR count). The molecule has 21 heavy (non-hydrogen) atoms. The van der Waals surface area contributed by atoms with Crippen molar-refractivity contribution in [1.29, 1.82) is 0 Å². The van der Waals surface area contributed by atoms with E-state index < -0.39 is 0 Å². The van der Waals surface area contributed by atoms with Gasteiger partial charge in [0.15, 0.2) is 0 Å². The van der Waals surface area contributed by atoms with Crippen LogP contribution in [0.2, 0.25) is 0 Å². The third-order valence-corrected chi connectivity index (χ3v) is 3.86. The van der Waals surface area contributed by atoms with E-state index in [9.17, 15) is 4.79 Å². The SMILES string of the molecule is C[C@@H]1CN(C(=O)/C=C/c2ccc3c(c2)CCO3)C[C@H](C)O1. The number of benzene rings is 1. The molecule has 4 nitrogen and oxygen atoms in total. The molecule has 0 aromatic heterocycles. The first-order chi connectivity index (χ1) is 10.1. The highest BCUT2D eigenvalue weighted by molar-refractivity contribution is 5.92. The summed E-state index contributed by atoms with van der Waals surface area (Å²) in [7, 11) is 0. The molecule has 1 fully saturated rings. The fraction of sp³-hybridized carbons (Fsp3) is 0.471. The molecule has 2 heterocycles. The lowest BCUT2D eigenvalue weighted by atomic mass is 10.1. The number of hydrogen-bond donors (Lipinski definition) is 0. The van der Waals surface area contributed by atoms with Crippen LogP contribution >= 0.6 is 0 Å². The molecule has 0 N–H and O–H groups in total. The molecule has 1 aromatic rings. The van der Waals surface area contributed by atoms with Crippen LogP contribution in [0.25, 0.3) is 6.08 Å². The van der Waals surface area contributed by atoms with Crippen molar-refractivity contribution in [2.24, 2.45) is 0 Å². The van der Waals surface area contributed by atoms with Crippen LogP contribution in [0.5, 0.6) is 5.75 Å². The van der Waals surface area contributed by atoms with Crippen LogP contribution in [-0.4, -0.2) is 42.7 Å². The quantitative estimate of drug-likeness (QED) is 0.783. The van der Waals surface area contributed by atoms with E-state index in [2.05, 4.69) is 6.07 Å². The molecule has 1 saturated heterocycles. The number of fused-ring (bicyclic) bond motifs is 1. The van der Waals surface area contributed by atoms with Crippen molar-refractivity contribution in [3.8, 4) is 5.75 Å². The monoisotopic (exact) mass is 287 g/mol. The second kappa shape index (κ2) is 5.90. The Labute approximate surface area is 125 Å². The van der Waals surface area contributed by atoms with Gasteiger partial charge in [0.2, 0.25) is 5.91 Å². The van der Waals surface area contributed by atoms with Gasteiger partial charge in [0.05, 0.1) is 18.8 Å². The average Bonchev–Trinajstić information content (AvgIpc) is 2.91. The number of ether oxygens (including phenoxy) is 2. The Morgan fingerprint density at radius 3 is 2.81 bits per heavy atom. The van der Waals surface area contributed by atoms with Crippen LogP contribution in [-0.2, 0) is 16.0 Å². The first-order valence-electron chi connectivity index (χ1n) is 7.50. The van der Waals surface area contributed by atoms with Crippen LogP contribution in [0, 0.1) is 0 Å². The molecule has 0 saturated carbocycles. The van der Waals surface area contributed by atoms with Gasteiger partial charge < -0.3 is 14.4 Å². The van der Waals surface area contributed by atoms with Crippen molar-refractivity contribution in [2.75, 3.05) is 19.7 Å². The van der Waals surface area contributed by atoms with Gasteiger partial charge >= 0.3 is 0 Å². The molecular formula is C17H21NO3. The fourth-order valence-corrected chi connectivity index (χ4v) is 2.94. The van der Waals surface area contributed by atoms with Crippen molar-refractivity contribution in [3.05, 3.63) is 35.4 Å². The minimum atomic E-state index is 0.0498. The molecule has 0 bridgehead atoms. The number of carbonyl (C=O) groups is 1. The topological polar surface area (TPSA) is 38.8 Å². The zero-order chi connectivity index (χ0) is 14.8. The number of nitrogens with zero attached hydrogens (tertiary/aromatic N) is 1. The van der Waals surface area contributed by atoms with Gasteiger partial charge in [-0.05, 0) is 43.2 Å². The van der Waals surface area contributed by atoms with Crippen LogP contribution in [0.4, 0.5) is 0 Å². The third kappa shape index (κ3) is 3.27. The van der Waals surface area contributed by atoms with E-state index >= 15 is 0 Å². The van der Waals surface area contributed by atoms with E-state index in [1.807, 2.05) is 37.0 Å². The molecule has 2 aliphatic rings. The van der Waals surface area contributed by atoms with Gasteiger partial charge in [0, 0.05) is 25.6 Å². The first-order valence-corrected chi connectivity index (χ1v) is 7.50. The Kier molecular flexibility index (Phi) is 3.97. The van der Waals surface area contributed by atoms with Gasteiger partial charge in [-0.1, -0.05) is 6.07 Å². The van der Waals surface area contributed by atoms with Crippen molar-refractivity contribution >= 4 is 12.0 Å². The minimum Gasteiger partial charge on any atom is -0.493 e. The van der Waals surface area contributed by atoms with E-state index in [1.54, 1.807) is 6.08 Å². The van der Waals surface area contributed by atoms with Crippen molar-refractivity contribution in [2.45, 2.75) is 32.5 Å². The second-order valence-electron chi connectivity index (χ2n) is 5.80. The van der Waals surface area contributed by atoms with Gasteiger partial charge in [-0.25, -0.2) is 0 Å². The highest BCUT2D eigenvalue weighted by atomic mass is 16.5. The molecular weight excluding hydrogens is 266 g/mol. The largest absolute Gasteiger partial charge is 0.493 e. The van der Waals surface area contributed by atoms with Gasteiger partial charge in [-0.3, -0.25) is 4.79 Å². The maximum Gasteiger partial charge on any atom is 0.246 e. The summed E-state index contributed by atoms with van der Waals surface area (Å²) in [6.45, 7) is 6.07. The Morgan fingerprint density at radius 1 is 1.29 bits per heavy atom. The van der Waals surface area contributed by atoms with Crippen LogP contribution in [0.15, 0.2) is 24.3 Å². The van der Waals surface area contributed by atoms with E-state index in [-0.39, 0.29) is 18.1 Å². The Bertz CT molecular complexity index is 557. The number of hydrogen-bond acceptors (Lipinski definition) is 3. The molecule has 0 radical (unpaired) electrons. The summed E-state index contributed by atoms with van der Waals surface area (Å²) in [6.07, 6.45) is 4.68. The molecule has 0 spiro atoms. The first kappa shape index (κ1) is 14.1. The Hall–Kier alpha value is -1.81. The van der Waals surface area contributed by atoms with E-state index in [1.165, 1.54) is 5.56 Å². The number of rotatable bonds is 2. The minimum absolute atomic E-state index is 0.0498. The summed E-state index contributed by atoms with van der Waals surface area (Å²) in [5.74, 6) is 1.02. The summed E-state index contributed by atoms with van der Waals surface area (Å²) in [4.78, 5) is 14.1. The van der Waals surface area contributed by atoms with Crippen LogP contribution in [0.3, 0.4) is 0 Å².